The molecule has 24 heavy (non-hydrogen) atoms. The van der Waals surface area contributed by atoms with Gasteiger partial charge in [-0.1, -0.05) is 23.2 Å². The number of non-ortho nitro benzene ring substituents is 1. The van der Waals surface area contributed by atoms with E-state index >= 15 is 0 Å². The van der Waals surface area contributed by atoms with E-state index in [9.17, 15) is 15.2 Å². The van der Waals surface area contributed by atoms with Gasteiger partial charge in [0.1, 0.15) is 0 Å². The molecule has 2 rings (SSSR count). The Bertz CT molecular complexity index is 571. The Hall–Kier alpha value is -1.12. The van der Waals surface area contributed by atoms with Crippen molar-refractivity contribution >= 4 is 34.6 Å². The molecule has 0 spiro atoms. The Morgan fingerprint density at radius 3 is 2.33 bits per heavy atom. The fourth-order valence-electron chi connectivity index (χ4n) is 2.82. The van der Waals surface area contributed by atoms with E-state index in [4.69, 9.17) is 23.2 Å². The molecule has 7 nitrogen and oxygen atoms in total. The zero-order valence-electron chi connectivity index (χ0n) is 13.8. The second-order valence-corrected chi connectivity index (χ2v) is 6.97. The van der Waals surface area contributed by atoms with Crippen molar-refractivity contribution < 1.29 is 10.0 Å². The lowest BCUT2D eigenvalue weighted by Crippen LogP contribution is -2.48. The molecule has 0 saturated carbocycles. The summed E-state index contributed by atoms with van der Waals surface area (Å²) in [6.07, 6.45) is -0.569. The summed E-state index contributed by atoms with van der Waals surface area (Å²) < 4.78 is 0. The van der Waals surface area contributed by atoms with Crippen LogP contribution in [0.4, 0.5) is 11.4 Å². The molecule has 1 saturated heterocycles. The van der Waals surface area contributed by atoms with Crippen LogP contribution in [0.3, 0.4) is 0 Å². The second kappa shape index (κ2) is 8.31. The summed E-state index contributed by atoms with van der Waals surface area (Å²) in [6.45, 7) is 4.74. The van der Waals surface area contributed by atoms with Crippen LogP contribution in [0.5, 0.6) is 0 Å². The molecule has 1 aromatic carbocycles. The van der Waals surface area contributed by atoms with Gasteiger partial charge in [-0.15, -0.1) is 0 Å². The summed E-state index contributed by atoms with van der Waals surface area (Å²) in [6, 6.07) is 2.54. The van der Waals surface area contributed by atoms with Gasteiger partial charge < -0.3 is 14.9 Å². The molecule has 1 atom stereocenters. The Balaban J connectivity index is 1.98. The van der Waals surface area contributed by atoms with Gasteiger partial charge in [-0.25, -0.2) is 0 Å². The minimum atomic E-state index is -0.569. The largest absolute Gasteiger partial charge is 0.390 e. The molecular weight excluding hydrogens is 355 g/mol. The van der Waals surface area contributed by atoms with Crippen LogP contribution in [0.1, 0.15) is 0 Å². The molecule has 9 heteroatoms. The van der Waals surface area contributed by atoms with Crippen molar-refractivity contribution in [2.24, 2.45) is 0 Å². The van der Waals surface area contributed by atoms with Gasteiger partial charge >= 0.3 is 0 Å². The Kier molecular flexibility index (Phi) is 6.65. The first-order valence-electron chi connectivity index (χ1n) is 7.71. The zero-order valence-corrected chi connectivity index (χ0v) is 15.3. The number of nitrogens with zero attached hydrogens (tertiary/aromatic N) is 4. The predicted octanol–water partition coefficient (Wildman–Crippen LogP) is 1.95. The average Bonchev–Trinajstić information content (AvgIpc) is 2.48. The Labute approximate surface area is 151 Å². The van der Waals surface area contributed by atoms with Gasteiger partial charge in [0.2, 0.25) is 0 Å². The van der Waals surface area contributed by atoms with Gasteiger partial charge in [0.25, 0.3) is 5.69 Å². The first kappa shape index (κ1) is 19.2. The summed E-state index contributed by atoms with van der Waals surface area (Å²) in [5.41, 5.74) is 0.335. The van der Waals surface area contributed by atoms with E-state index in [1.54, 1.807) is 11.9 Å². The van der Waals surface area contributed by atoms with Crippen molar-refractivity contribution in [3.05, 3.63) is 32.3 Å². The summed E-state index contributed by atoms with van der Waals surface area (Å²) in [4.78, 5) is 16.5. The molecule has 0 radical (unpaired) electrons. The third-order valence-corrected chi connectivity index (χ3v) is 4.72. The fourth-order valence-corrected chi connectivity index (χ4v) is 3.58. The molecule has 1 fully saturated rings. The van der Waals surface area contributed by atoms with E-state index in [1.165, 1.54) is 12.1 Å². The highest BCUT2D eigenvalue weighted by Crippen LogP contribution is 2.36. The highest BCUT2D eigenvalue weighted by atomic mass is 35.5. The maximum absolute atomic E-state index is 10.8. The number of aliphatic hydroxyl groups is 1. The van der Waals surface area contributed by atoms with E-state index in [0.29, 0.717) is 18.8 Å². The molecule has 134 valence electrons. The van der Waals surface area contributed by atoms with Crippen LogP contribution in [-0.4, -0.2) is 79.3 Å². The number of β-amino-alcohol motifs (C(OH)–C–C–N with tert-alkyl or cyclic N) is 1. The maximum Gasteiger partial charge on any atom is 0.272 e. The van der Waals surface area contributed by atoms with Gasteiger partial charge in [0.15, 0.2) is 0 Å². The minimum Gasteiger partial charge on any atom is -0.390 e. The van der Waals surface area contributed by atoms with Crippen LogP contribution < -0.4 is 4.90 Å². The van der Waals surface area contributed by atoms with Gasteiger partial charge in [-0.3, -0.25) is 15.0 Å². The van der Waals surface area contributed by atoms with E-state index in [1.807, 2.05) is 0 Å². The smallest absolute Gasteiger partial charge is 0.272 e. The lowest BCUT2D eigenvalue weighted by atomic mass is 10.2. The molecule has 1 N–H and O–H groups in total. The van der Waals surface area contributed by atoms with Crippen LogP contribution in [0, 0.1) is 10.1 Å². The van der Waals surface area contributed by atoms with Crippen molar-refractivity contribution in [2.75, 3.05) is 58.3 Å². The first-order valence-corrected chi connectivity index (χ1v) is 8.47. The quantitative estimate of drug-likeness (QED) is 0.604. The molecular formula is C15H22Cl2N4O3. The number of likely N-dealkylation sites (N-methyl/N-ethyl adjacent to an activating group) is 2. The fraction of sp³-hybridized carbons (Fsp3) is 0.600. The lowest BCUT2D eigenvalue weighted by molar-refractivity contribution is -0.384. The minimum absolute atomic E-state index is 0.153. The van der Waals surface area contributed by atoms with Crippen molar-refractivity contribution in [1.82, 2.24) is 9.80 Å². The number of piperazine rings is 1. The molecule has 1 heterocycles. The standard InChI is InChI=1S/C15H22Cl2N4O3/c1-18-3-5-20(6-4-18)10-12(22)9-19(2)15-13(16)7-11(21(23)24)8-14(15)17/h7-8,12,22H,3-6,9-10H2,1-2H3. The van der Waals surface area contributed by atoms with E-state index in [2.05, 4.69) is 16.8 Å². The summed E-state index contributed by atoms with van der Waals surface area (Å²) in [7, 11) is 3.84. The monoisotopic (exact) mass is 376 g/mol. The molecule has 0 amide bonds. The molecule has 0 aromatic heterocycles. The number of anilines is 1. The molecule has 1 aliphatic rings. The number of halogens is 2. The molecule has 1 aromatic rings. The summed E-state index contributed by atoms with van der Waals surface area (Å²) in [5, 5.41) is 21.6. The van der Waals surface area contributed by atoms with E-state index in [0.717, 1.165) is 26.2 Å². The number of rotatable bonds is 6. The van der Waals surface area contributed by atoms with Crippen LogP contribution in [-0.2, 0) is 0 Å². The van der Waals surface area contributed by atoms with Gasteiger partial charge in [-0.05, 0) is 7.05 Å². The van der Waals surface area contributed by atoms with Crippen LogP contribution in [0.25, 0.3) is 0 Å². The van der Waals surface area contributed by atoms with Crippen molar-refractivity contribution in [2.45, 2.75) is 6.10 Å². The van der Waals surface area contributed by atoms with Crippen molar-refractivity contribution in [3.63, 3.8) is 0 Å². The van der Waals surface area contributed by atoms with Crippen LogP contribution in [0.15, 0.2) is 12.1 Å². The maximum atomic E-state index is 10.8. The van der Waals surface area contributed by atoms with Crippen molar-refractivity contribution in [1.29, 1.82) is 0 Å². The number of benzene rings is 1. The van der Waals surface area contributed by atoms with E-state index < -0.39 is 11.0 Å². The third-order valence-electron chi connectivity index (χ3n) is 4.14. The lowest BCUT2D eigenvalue weighted by Gasteiger charge is -2.34. The Morgan fingerprint density at radius 1 is 1.29 bits per heavy atom. The van der Waals surface area contributed by atoms with Gasteiger partial charge in [0, 0.05) is 58.4 Å². The van der Waals surface area contributed by atoms with Crippen LogP contribution >= 0.6 is 23.2 Å². The zero-order chi connectivity index (χ0) is 17.9. The highest BCUT2D eigenvalue weighted by molar-refractivity contribution is 6.39. The average molecular weight is 377 g/mol. The van der Waals surface area contributed by atoms with Gasteiger partial charge in [0.05, 0.1) is 26.8 Å². The van der Waals surface area contributed by atoms with E-state index in [-0.39, 0.29) is 15.7 Å². The molecule has 0 bridgehead atoms. The van der Waals surface area contributed by atoms with Crippen LogP contribution in [0.2, 0.25) is 10.0 Å². The third kappa shape index (κ3) is 4.94. The number of nitro groups is 1. The predicted molar refractivity (Wildman–Crippen MR) is 96.3 cm³/mol. The Morgan fingerprint density at radius 2 is 1.83 bits per heavy atom. The number of nitro benzene ring substituents is 1. The second-order valence-electron chi connectivity index (χ2n) is 6.15. The number of hydrogen-bond acceptors (Lipinski definition) is 6. The summed E-state index contributed by atoms with van der Waals surface area (Å²) in [5.74, 6) is 0. The number of hydrogen-bond donors (Lipinski definition) is 1. The SMILES string of the molecule is CN1CCN(CC(O)CN(C)c2c(Cl)cc([N+](=O)[O-])cc2Cl)CC1. The first-order chi connectivity index (χ1) is 11.3. The summed E-state index contributed by atoms with van der Waals surface area (Å²) >= 11 is 12.3. The highest BCUT2D eigenvalue weighted by Gasteiger charge is 2.21. The molecule has 1 aliphatic heterocycles. The van der Waals surface area contributed by atoms with Gasteiger partial charge in [-0.2, -0.15) is 0 Å². The topological polar surface area (TPSA) is 73.1 Å². The molecule has 1 unspecified atom stereocenters. The normalized spacial score (nSPS) is 17.7. The van der Waals surface area contributed by atoms with Crippen molar-refractivity contribution in [3.8, 4) is 0 Å². The molecule has 0 aliphatic carbocycles. The number of aliphatic hydroxyl groups excluding tert-OH is 1.